The Kier molecular flexibility index (Phi) is 5.66. The Hall–Kier alpha value is -2.64. The highest BCUT2D eigenvalue weighted by Gasteiger charge is 2.43. The lowest BCUT2D eigenvalue weighted by Gasteiger charge is -2.34. The molecule has 1 unspecified atom stereocenters. The molecule has 1 saturated carbocycles. The summed E-state index contributed by atoms with van der Waals surface area (Å²) in [7, 11) is 1.69. The molecule has 31 heavy (non-hydrogen) atoms. The molecule has 0 saturated heterocycles. The highest BCUT2D eigenvalue weighted by atomic mass is 16.5. The minimum atomic E-state index is -1.22. The number of ether oxygens (including phenoxy) is 2. The molecule has 2 heterocycles. The van der Waals surface area contributed by atoms with Crippen LogP contribution in [0.15, 0.2) is 29.2 Å². The first-order valence-electron chi connectivity index (χ1n) is 10.7. The van der Waals surface area contributed by atoms with E-state index >= 15 is 0 Å². The fraction of sp³-hybridized carbons (Fsp3) is 0.500. The Morgan fingerprint density at radius 3 is 2.58 bits per heavy atom. The highest BCUT2D eigenvalue weighted by Crippen LogP contribution is 2.47. The van der Waals surface area contributed by atoms with Gasteiger partial charge in [-0.2, -0.15) is 0 Å². The van der Waals surface area contributed by atoms with Crippen molar-refractivity contribution >= 4 is 5.97 Å². The zero-order valence-corrected chi connectivity index (χ0v) is 18.2. The summed E-state index contributed by atoms with van der Waals surface area (Å²) >= 11 is 0. The minimum Gasteiger partial charge on any atom is -0.493 e. The number of hydrogen-bond acceptors (Lipinski definition) is 5. The van der Waals surface area contributed by atoms with Crippen molar-refractivity contribution in [2.24, 2.45) is 11.3 Å². The molecular formula is C24H29NO6. The molecular weight excluding hydrogens is 398 g/mol. The summed E-state index contributed by atoms with van der Waals surface area (Å²) in [5, 5.41) is 19.4. The molecule has 1 aromatic carbocycles. The second-order valence-electron chi connectivity index (χ2n) is 9.16. The number of benzene rings is 1. The van der Waals surface area contributed by atoms with E-state index < -0.39 is 11.4 Å². The zero-order chi connectivity index (χ0) is 22.3. The molecule has 1 atom stereocenters. The lowest BCUT2D eigenvalue weighted by Crippen LogP contribution is -2.28. The standard InChI is InChI=1S/C24H29NO6/c1-14(2)19-7-15-8-22(31-13-24(4-5-24)12-30-3)16(11-26)6-17(15)20-9-21(27)18(23(28)29)10-25(19)20/h6,8-10,14,19,26H,4-5,7,11-13H2,1-3H3,(H,28,29). The number of nitrogens with zero attached hydrogens (tertiary/aromatic N) is 1. The van der Waals surface area contributed by atoms with E-state index in [1.807, 2.05) is 16.7 Å². The second-order valence-corrected chi connectivity index (χ2v) is 9.16. The Bertz CT molecular complexity index is 1070. The van der Waals surface area contributed by atoms with Gasteiger partial charge in [-0.25, -0.2) is 4.79 Å². The van der Waals surface area contributed by atoms with Crippen LogP contribution >= 0.6 is 0 Å². The number of carboxylic acid groups (broad SMARTS) is 1. The van der Waals surface area contributed by atoms with E-state index in [1.54, 1.807) is 7.11 Å². The summed E-state index contributed by atoms with van der Waals surface area (Å²) in [5.74, 6) is -0.336. The molecule has 0 bridgehead atoms. The number of aliphatic hydroxyl groups is 1. The first-order chi connectivity index (χ1) is 14.8. The van der Waals surface area contributed by atoms with E-state index in [0.29, 0.717) is 36.6 Å². The highest BCUT2D eigenvalue weighted by molar-refractivity contribution is 5.87. The molecule has 7 heteroatoms. The molecule has 0 radical (unpaired) electrons. The maximum Gasteiger partial charge on any atom is 0.341 e. The average molecular weight is 427 g/mol. The third-order valence-corrected chi connectivity index (χ3v) is 6.54. The molecule has 4 rings (SSSR count). The summed E-state index contributed by atoms with van der Waals surface area (Å²) in [6.07, 6.45) is 4.28. The summed E-state index contributed by atoms with van der Waals surface area (Å²) < 4.78 is 13.4. The number of rotatable bonds is 8. The third-order valence-electron chi connectivity index (χ3n) is 6.54. The van der Waals surface area contributed by atoms with Crippen molar-refractivity contribution in [2.45, 2.75) is 45.8 Å². The topological polar surface area (TPSA) is 98.0 Å². The van der Waals surface area contributed by atoms with Crippen LogP contribution in [0, 0.1) is 11.3 Å². The number of hydrogen-bond donors (Lipinski definition) is 2. The Morgan fingerprint density at radius 1 is 1.26 bits per heavy atom. The fourth-order valence-corrected chi connectivity index (χ4v) is 4.46. The fourth-order valence-electron chi connectivity index (χ4n) is 4.46. The van der Waals surface area contributed by atoms with Gasteiger partial charge in [0.05, 0.1) is 25.5 Å². The van der Waals surface area contributed by atoms with Crippen LogP contribution in [0.5, 0.6) is 5.75 Å². The molecule has 2 aliphatic rings. The van der Waals surface area contributed by atoms with Gasteiger partial charge in [-0.05, 0) is 42.9 Å². The summed E-state index contributed by atoms with van der Waals surface area (Å²) in [5.41, 5.74) is 2.50. The average Bonchev–Trinajstić information content (AvgIpc) is 3.50. The molecule has 1 aromatic heterocycles. The molecule has 2 aromatic rings. The van der Waals surface area contributed by atoms with Crippen molar-refractivity contribution in [2.75, 3.05) is 20.3 Å². The maximum atomic E-state index is 12.4. The normalized spacial score (nSPS) is 18.4. The van der Waals surface area contributed by atoms with Crippen LogP contribution in [0.4, 0.5) is 0 Å². The molecule has 1 aliphatic heterocycles. The van der Waals surface area contributed by atoms with E-state index in [-0.39, 0.29) is 29.5 Å². The monoisotopic (exact) mass is 427 g/mol. The van der Waals surface area contributed by atoms with E-state index in [2.05, 4.69) is 13.8 Å². The van der Waals surface area contributed by atoms with Gasteiger partial charge in [0.15, 0.2) is 5.43 Å². The van der Waals surface area contributed by atoms with Gasteiger partial charge in [-0.3, -0.25) is 4.79 Å². The van der Waals surface area contributed by atoms with Crippen LogP contribution in [0.2, 0.25) is 0 Å². The van der Waals surface area contributed by atoms with Gasteiger partial charge in [0.25, 0.3) is 0 Å². The van der Waals surface area contributed by atoms with Gasteiger partial charge in [-0.15, -0.1) is 0 Å². The number of carboxylic acids is 1. The van der Waals surface area contributed by atoms with E-state index in [9.17, 15) is 19.8 Å². The maximum absolute atomic E-state index is 12.4. The van der Waals surface area contributed by atoms with Crippen LogP contribution < -0.4 is 10.2 Å². The van der Waals surface area contributed by atoms with Gasteiger partial charge >= 0.3 is 5.97 Å². The third kappa shape index (κ3) is 4.00. The van der Waals surface area contributed by atoms with Gasteiger partial charge in [0.2, 0.25) is 0 Å². The number of methoxy groups -OCH3 is 1. The van der Waals surface area contributed by atoms with Crippen molar-refractivity contribution in [3.63, 3.8) is 0 Å². The van der Waals surface area contributed by atoms with Gasteiger partial charge in [0.1, 0.15) is 11.3 Å². The predicted octanol–water partition coefficient (Wildman–Crippen LogP) is 3.26. The van der Waals surface area contributed by atoms with Crippen molar-refractivity contribution in [1.29, 1.82) is 0 Å². The van der Waals surface area contributed by atoms with Crippen LogP contribution in [0.3, 0.4) is 0 Å². The van der Waals surface area contributed by atoms with Crippen LogP contribution in [0.1, 0.15) is 54.2 Å². The van der Waals surface area contributed by atoms with Gasteiger partial charge in [0, 0.05) is 42.0 Å². The van der Waals surface area contributed by atoms with E-state index in [1.165, 1.54) is 12.3 Å². The Morgan fingerprint density at radius 2 is 2.00 bits per heavy atom. The van der Waals surface area contributed by atoms with Gasteiger partial charge < -0.3 is 24.3 Å². The Balaban J connectivity index is 1.77. The quantitative estimate of drug-likeness (QED) is 0.671. The number of fused-ring (bicyclic) bond motifs is 3. The summed E-state index contributed by atoms with van der Waals surface area (Å²) in [4.78, 5) is 23.9. The molecule has 0 spiro atoms. The SMILES string of the molecule is COCC1(COc2cc3c(cc2CO)-c2cc(=O)c(C(=O)O)cn2C(C(C)C)C3)CC1. The first kappa shape index (κ1) is 21.6. The molecule has 1 aliphatic carbocycles. The molecule has 2 N–H and O–H groups in total. The number of carbonyl (C=O) groups is 1. The van der Waals surface area contributed by atoms with Crippen LogP contribution in [-0.4, -0.2) is 41.1 Å². The summed E-state index contributed by atoms with van der Waals surface area (Å²) in [6.45, 7) is 5.17. The zero-order valence-electron chi connectivity index (χ0n) is 18.2. The Labute approximate surface area is 181 Å². The lowest BCUT2D eigenvalue weighted by molar-refractivity contribution is 0.0694. The molecule has 7 nitrogen and oxygen atoms in total. The second kappa shape index (κ2) is 8.13. The van der Waals surface area contributed by atoms with Crippen molar-refractivity contribution in [1.82, 2.24) is 4.57 Å². The molecule has 0 amide bonds. The van der Waals surface area contributed by atoms with E-state index in [0.717, 1.165) is 24.0 Å². The van der Waals surface area contributed by atoms with Crippen molar-refractivity contribution in [3.05, 3.63) is 51.3 Å². The number of aliphatic hydroxyl groups excluding tert-OH is 1. The minimum absolute atomic E-state index is 0.0114. The van der Waals surface area contributed by atoms with Gasteiger partial charge in [-0.1, -0.05) is 13.8 Å². The molecule has 1 fully saturated rings. The number of pyridine rings is 1. The summed E-state index contributed by atoms with van der Waals surface area (Å²) in [6, 6.07) is 5.24. The lowest BCUT2D eigenvalue weighted by atomic mass is 9.86. The smallest absolute Gasteiger partial charge is 0.341 e. The molecule has 166 valence electrons. The van der Waals surface area contributed by atoms with Crippen molar-refractivity contribution in [3.8, 4) is 17.0 Å². The first-order valence-corrected chi connectivity index (χ1v) is 10.7. The van der Waals surface area contributed by atoms with Crippen molar-refractivity contribution < 1.29 is 24.5 Å². The van der Waals surface area contributed by atoms with Crippen LogP contribution in [-0.2, 0) is 17.8 Å². The number of aromatic carboxylic acids is 1. The number of aromatic nitrogens is 1. The largest absolute Gasteiger partial charge is 0.493 e. The predicted molar refractivity (Wildman–Crippen MR) is 116 cm³/mol. The van der Waals surface area contributed by atoms with Crippen LogP contribution in [0.25, 0.3) is 11.3 Å². The van der Waals surface area contributed by atoms with E-state index in [4.69, 9.17) is 9.47 Å².